The van der Waals surface area contributed by atoms with E-state index in [1.165, 1.54) is 5.56 Å². The van der Waals surface area contributed by atoms with Crippen LogP contribution in [0.3, 0.4) is 0 Å². The van der Waals surface area contributed by atoms with E-state index in [1.54, 1.807) is 11.3 Å². The summed E-state index contributed by atoms with van der Waals surface area (Å²) < 4.78 is 5.76. The molecule has 3 heteroatoms. The van der Waals surface area contributed by atoms with Crippen molar-refractivity contribution in [2.45, 2.75) is 26.4 Å². The standard InChI is InChI=1S/C17H18O2S/c1-2-4-14-6-8-16(9-7-14)19-12-17-11-15(13-20-17)5-3-10-18/h6-9,11,13,18H,2,4,10,12H2,1H3. The summed E-state index contributed by atoms with van der Waals surface area (Å²) in [5.41, 5.74) is 2.28. The molecule has 2 rings (SSSR count). The Labute approximate surface area is 124 Å². The first-order valence-electron chi connectivity index (χ1n) is 6.70. The van der Waals surface area contributed by atoms with Gasteiger partial charge >= 0.3 is 0 Å². The van der Waals surface area contributed by atoms with Gasteiger partial charge in [0.15, 0.2) is 0 Å². The lowest BCUT2D eigenvalue weighted by Crippen LogP contribution is -1.93. The van der Waals surface area contributed by atoms with Crippen LogP contribution in [0.1, 0.15) is 29.3 Å². The monoisotopic (exact) mass is 286 g/mol. The minimum Gasteiger partial charge on any atom is -0.488 e. The summed E-state index contributed by atoms with van der Waals surface area (Å²) in [4.78, 5) is 1.13. The molecule has 0 spiro atoms. The molecule has 1 heterocycles. The SMILES string of the molecule is CCCc1ccc(OCc2cc(C#CCO)cs2)cc1. The zero-order valence-corrected chi connectivity index (χ0v) is 12.4. The van der Waals surface area contributed by atoms with Gasteiger partial charge in [0.25, 0.3) is 0 Å². The van der Waals surface area contributed by atoms with E-state index in [0.29, 0.717) is 6.61 Å². The summed E-state index contributed by atoms with van der Waals surface area (Å²) in [5, 5.41) is 10.6. The number of rotatable bonds is 5. The number of aliphatic hydroxyl groups is 1. The van der Waals surface area contributed by atoms with Gasteiger partial charge in [-0.25, -0.2) is 0 Å². The van der Waals surface area contributed by atoms with Crippen LogP contribution in [0.5, 0.6) is 5.75 Å². The van der Waals surface area contributed by atoms with E-state index in [9.17, 15) is 0 Å². The molecule has 1 aromatic carbocycles. The van der Waals surface area contributed by atoms with E-state index in [-0.39, 0.29) is 6.61 Å². The summed E-state index contributed by atoms with van der Waals surface area (Å²) in [6.07, 6.45) is 2.27. The maximum absolute atomic E-state index is 8.65. The van der Waals surface area contributed by atoms with Crippen molar-refractivity contribution >= 4 is 11.3 Å². The Morgan fingerprint density at radius 3 is 2.75 bits per heavy atom. The minimum atomic E-state index is -0.105. The maximum atomic E-state index is 8.65. The van der Waals surface area contributed by atoms with Crippen molar-refractivity contribution in [1.82, 2.24) is 0 Å². The fourth-order valence-electron chi connectivity index (χ4n) is 1.86. The van der Waals surface area contributed by atoms with E-state index in [1.807, 2.05) is 23.6 Å². The van der Waals surface area contributed by atoms with Crippen LogP contribution in [0.15, 0.2) is 35.7 Å². The molecule has 2 aromatic rings. The molecule has 1 N–H and O–H groups in total. The molecule has 2 nitrogen and oxygen atoms in total. The van der Waals surface area contributed by atoms with Gasteiger partial charge in [0.05, 0.1) is 0 Å². The molecule has 104 valence electrons. The Kier molecular flexibility index (Phi) is 5.67. The largest absolute Gasteiger partial charge is 0.488 e. The zero-order chi connectivity index (χ0) is 14.2. The molecule has 0 aliphatic carbocycles. The van der Waals surface area contributed by atoms with Gasteiger partial charge in [-0.2, -0.15) is 0 Å². The van der Waals surface area contributed by atoms with E-state index in [2.05, 4.69) is 30.9 Å². The number of thiophene rings is 1. The molecular formula is C17H18O2S. The van der Waals surface area contributed by atoms with Crippen molar-refractivity contribution in [2.75, 3.05) is 6.61 Å². The Balaban J connectivity index is 1.89. The third kappa shape index (κ3) is 4.41. The van der Waals surface area contributed by atoms with Crippen LogP contribution >= 0.6 is 11.3 Å². The molecule has 1 aromatic heterocycles. The molecule has 0 atom stereocenters. The van der Waals surface area contributed by atoms with Gasteiger partial charge in [-0.05, 0) is 30.2 Å². The van der Waals surface area contributed by atoms with Gasteiger partial charge in [-0.15, -0.1) is 11.3 Å². The quantitative estimate of drug-likeness (QED) is 0.851. The van der Waals surface area contributed by atoms with Gasteiger partial charge < -0.3 is 9.84 Å². The van der Waals surface area contributed by atoms with E-state index >= 15 is 0 Å². The molecule has 0 radical (unpaired) electrons. The predicted molar refractivity (Wildman–Crippen MR) is 83.1 cm³/mol. The fraction of sp³-hybridized carbons (Fsp3) is 0.294. The summed E-state index contributed by atoms with van der Waals surface area (Å²) in [7, 11) is 0. The van der Waals surface area contributed by atoms with Crippen LogP contribution in [0.25, 0.3) is 0 Å². The minimum absolute atomic E-state index is 0.105. The van der Waals surface area contributed by atoms with Crippen LogP contribution in [0.4, 0.5) is 0 Å². The smallest absolute Gasteiger partial charge is 0.122 e. The van der Waals surface area contributed by atoms with E-state index < -0.39 is 0 Å². The van der Waals surface area contributed by atoms with Crippen molar-refractivity contribution in [2.24, 2.45) is 0 Å². The van der Waals surface area contributed by atoms with Gasteiger partial charge in [-0.1, -0.05) is 37.3 Å². The molecule has 0 fully saturated rings. The van der Waals surface area contributed by atoms with Crippen LogP contribution in [-0.2, 0) is 13.0 Å². The number of ether oxygens (including phenoxy) is 1. The van der Waals surface area contributed by atoms with E-state index in [0.717, 1.165) is 29.0 Å². The lowest BCUT2D eigenvalue weighted by atomic mass is 10.1. The highest BCUT2D eigenvalue weighted by Crippen LogP contribution is 2.18. The average molecular weight is 286 g/mol. The normalized spacial score (nSPS) is 9.90. The van der Waals surface area contributed by atoms with Crippen molar-refractivity contribution in [3.63, 3.8) is 0 Å². The van der Waals surface area contributed by atoms with Crippen LogP contribution in [0.2, 0.25) is 0 Å². The first-order chi connectivity index (χ1) is 9.81. The molecule has 0 bridgehead atoms. The third-order valence-electron chi connectivity index (χ3n) is 2.81. The van der Waals surface area contributed by atoms with Crippen molar-refractivity contribution in [3.8, 4) is 17.6 Å². The summed E-state index contributed by atoms with van der Waals surface area (Å²) in [6.45, 7) is 2.63. The van der Waals surface area contributed by atoms with E-state index in [4.69, 9.17) is 9.84 Å². The van der Waals surface area contributed by atoms with Gasteiger partial charge in [-0.3, -0.25) is 0 Å². The summed E-state index contributed by atoms with van der Waals surface area (Å²) >= 11 is 1.62. The molecule has 0 saturated heterocycles. The Hall–Kier alpha value is -1.76. The Morgan fingerprint density at radius 1 is 1.25 bits per heavy atom. The van der Waals surface area contributed by atoms with Gasteiger partial charge in [0.2, 0.25) is 0 Å². The lowest BCUT2D eigenvalue weighted by Gasteiger charge is -2.05. The first-order valence-corrected chi connectivity index (χ1v) is 7.58. The lowest BCUT2D eigenvalue weighted by molar-refractivity contribution is 0.309. The zero-order valence-electron chi connectivity index (χ0n) is 11.6. The molecule has 0 aliphatic heterocycles. The van der Waals surface area contributed by atoms with Crippen molar-refractivity contribution < 1.29 is 9.84 Å². The number of hydrogen-bond acceptors (Lipinski definition) is 3. The summed E-state index contributed by atoms with van der Waals surface area (Å²) in [5.74, 6) is 6.42. The van der Waals surface area contributed by atoms with Crippen molar-refractivity contribution in [1.29, 1.82) is 0 Å². The van der Waals surface area contributed by atoms with Crippen LogP contribution in [0, 0.1) is 11.8 Å². The molecule has 0 unspecified atom stereocenters. The Bertz CT molecular complexity index is 587. The van der Waals surface area contributed by atoms with Crippen LogP contribution < -0.4 is 4.74 Å². The Morgan fingerprint density at radius 2 is 2.05 bits per heavy atom. The van der Waals surface area contributed by atoms with Gasteiger partial charge in [0, 0.05) is 15.8 Å². The van der Waals surface area contributed by atoms with Crippen molar-refractivity contribution in [3.05, 3.63) is 51.7 Å². The van der Waals surface area contributed by atoms with Gasteiger partial charge in [0.1, 0.15) is 19.0 Å². The summed E-state index contributed by atoms with van der Waals surface area (Å²) in [6, 6.07) is 10.3. The first kappa shape index (κ1) is 14.6. The molecular weight excluding hydrogens is 268 g/mol. The molecule has 0 saturated carbocycles. The van der Waals surface area contributed by atoms with Crippen LogP contribution in [-0.4, -0.2) is 11.7 Å². The number of aliphatic hydroxyl groups excluding tert-OH is 1. The second-order valence-electron chi connectivity index (χ2n) is 4.44. The second-order valence-corrected chi connectivity index (χ2v) is 5.44. The molecule has 20 heavy (non-hydrogen) atoms. The topological polar surface area (TPSA) is 29.5 Å². The highest BCUT2D eigenvalue weighted by atomic mass is 32.1. The molecule has 0 amide bonds. The average Bonchev–Trinajstić information content (AvgIpc) is 2.93. The number of hydrogen-bond donors (Lipinski definition) is 1. The fourth-order valence-corrected chi connectivity index (χ4v) is 2.59. The predicted octanol–water partition coefficient (Wildman–Crippen LogP) is 3.62. The second kappa shape index (κ2) is 7.74. The molecule has 0 aliphatic rings. The number of benzene rings is 1. The third-order valence-corrected chi connectivity index (χ3v) is 3.72. The highest BCUT2D eigenvalue weighted by Gasteiger charge is 2.00. The highest BCUT2D eigenvalue weighted by molar-refractivity contribution is 7.10. The maximum Gasteiger partial charge on any atom is 0.122 e. The number of aryl methyl sites for hydroxylation is 1.